The summed E-state index contributed by atoms with van der Waals surface area (Å²) in [5.74, 6) is -0.373. The lowest BCUT2D eigenvalue weighted by Gasteiger charge is -2.20. The fourth-order valence-corrected chi connectivity index (χ4v) is 4.82. The Morgan fingerprint density at radius 2 is 1.47 bits per heavy atom. The molecule has 6 rings (SSSR count). The Morgan fingerprint density at radius 1 is 0.765 bits per heavy atom. The number of aliphatic hydroxyl groups excluding tert-OH is 1. The van der Waals surface area contributed by atoms with Crippen molar-refractivity contribution < 1.29 is 23.1 Å². The van der Waals surface area contributed by atoms with E-state index in [1.165, 1.54) is 11.0 Å². The molecule has 5 aromatic rings. The Morgan fingerprint density at radius 3 is 2.24 bits per heavy atom. The van der Waals surface area contributed by atoms with Crippen LogP contribution in [0.15, 0.2) is 91.0 Å². The summed E-state index contributed by atoms with van der Waals surface area (Å²) in [4.78, 5) is 14.9. The van der Waals surface area contributed by atoms with Crippen molar-refractivity contribution in [1.29, 1.82) is 0 Å². The first-order chi connectivity index (χ1) is 16.4. The molecule has 1 amide bonds. The highest BCUT2D eigenvalue weighted by Crippen LogP contribution is 2.42. The Kier molecular flexibility index (Phi) is 4.34. The first kappa shape index (κ1) is 20.5. The van der Waals surface area contributed by atoms with Gasteiger partial charge in [0.05, 0.1) is 27.8 Å². The maximum absolute atomic E-state index is 13.6. The third-order valence-electron chi connectivity index (χ3n) is 6.31. The summed E-state index contributed by atoms with van der Waals surface area (Å²) in [6.45, 7) is 0. The van der Waals surface area contributed by atoms with Crippen molar-refractivity contribution in [3.63, 3.8) is 0 Å². The van der Waals surface area contributed by atoms with E-state index in [9.17, 15) is 23.1 Å². The summed E-state index contributed by atoms with van der Waals surface area (Å²) in [5, 5.41) is 12.1. The number of hydrogen-bond donors (Lipinski definition) is 1. The minimum atomic E-state index is -4.47. The fraction of sp³-hybridized carbons (Fsp3) is 0.0741. The summed E-state index contributed by atoms with van der Waals surface area (Å²) in [7, 11) is 0. The van der Waals surface area contributed by atoms with E-state index in [1.807, 2.05) is 12.1 Å². The van der Waals surface area contributed by atoms with Crippen LogP contribution in [0.4, 0.5) is 18.9 Å². The Bertz CT molecular complexity index is 1590. The molecule has 34 heavy (non-hydrogen) atoms. The molecule has 0 aliphatic carbocycles. The topological polar surface area (TPSA) is 45.5 Å². The molecule has 7 heteroatoms. The highest BCUT2D eigenvalue weighted by molar-refractivity contribution is 6.15. The zero-order chi connectivity index (χ0) is 23.6. The number of hydrogen-bond acceptors (Lipinski definition) is 2. The largest absolute Gasteiger partial charge is 0.416 e. The molecule has 0 spiro atoms. The summed E-state index contributed by atoms with van der Waals surface area (Å²) in [6, 6.07) is 24.8. The fourth-order valence-electron chi connectivity index (χ4n) is 4.82. The summed E-state index contributed by atoms with van der Waals surface area (Å²) in [5.41, 5.74) is 2.31. The lowest BCUT2D eigenvalue weighted by atomic mass is 10.1. The quantitative estimate of drug-likeness (QED) is 0.330. The average Bonchev–Trinajstić information content (AvgIpc) is 3.30. The first-order valence-corrected chi connectivity index (χ1v) is 10.7. The molecule has 1 N–H and O–H groups in total. The Hall–Kier alpha value is -4.10. The molecule has 1 aromatic heterocycles. The van der Waals surface area contributed by atoms with Crippen LogP contribution in [0, 0.1) is 0 Å². The second-order valence-electron chi connectivity index (χ2n) is 8.21. The van der Waals surface area contributed by atoms with Gasteiger partial charge in [0, 0.05) is 22.0 Å². The number of halogens is 3. The number of carbonyl (C=O) groups excluding carboxylic acids is 1. The predicted molar refractivity (Wildman–Crippen MR) is 124 cm³/mol. The minimum absolute atomic E-state index is 0.321. The standard InChI is InChI=1S/C27H17F3N2O2/c28-27(29,30)16-13-14-22-20(15-16)18-9-4-5-11-21(18)32(22)23-12-6-10-19-24(23)26(34)31(25(19)33)17-7-2-1-3-8-17/h1-15,25,33H. The lowest BCUT2D eigenvalue weighted by molar-refractivity contribution is -0.137. The Labute approximate surface area is 192 Å². The first-order valence-electron chi connectivity index (χ1n) is 10.7. The van der Waals surface area contributed by atoms with E-state index >= 15 is 0 Å². The minimum Gasteiger partial charge on any atom is -0.369 e. The van der Waals surface area contributed by atoms with Gasteiger partial charge < -0.3 is 9.67 Å². The van der Waals surface area contributed by atoms with Crippen LogP contribution >= 0.6 is 0 Å². The normalized spacial score (nSPS) is 15.9. The number of rotatable bonds is 2. The van der Waals surface area contributed by atoms with E-state index in [1.54, 1.807) is 65.2 Å². The lowest BCUT2D eigenvalue weighted by Crippen LogP contribution is -2.27. The molecular weight excluding hydrogens is 441 g/mol. The van der Waals surface area contributed by atoms with Gasteiger partial charge in [-0.25, -0.2) is 0 Å². The molecule has 0 saturated heterocycles. The second-order valence-corrected chi connectivity index (χ2v) is 8.21. The number of alkyl halides is 3. The number of aromatic nitrogens is 1. The van der Waals surface area contributed by atoms with Gasteiger partial charge in [-0.15, -0.1) is 0 Å². The number of carbonyl (C=O) groups is 1. The number of fused-ring (bicyclic) bond motifs is 4. The van der Waals surface area contributed by atoms with E-state index in [4.69, 9.17) is 0 Å². The van der Waals surface area contributed by atoms with Crippen molar-refractivity contribution in [1.82, 2.24) is 4.57 Å². The molecule has 1 aliphatic rings. The van der Waals surface area contributed by atoms with Gasteiger partial charge >= 0.3 is 6.18 Å². The zero-order valence-corrected chi connectivity index (χ0v) is 17.6. The monoisotopic (exact) mass is 458 g/mol. The van der Waals surface area contributed by atoms with Crippen LogP contribution in [0.5, 0.6) is 0 Å². The van der Waals surface area contributed by atoms with Crippen LogP contribution in [0.25, 0.3) is 27.5 Å². The molecule has 0 fully saturated rings. The van der Waals surface area contributed by atoms with Gasteiger partial charge in [0.1, 0.15) is 0 Å². The summed E-state index contributed by atoms with van der Waals surface area (Å²) >= 11 is 0. The molecule has 0 bridgehead atoms. The average molecular weight is 458 g/mol. The highest BCUT2D eigenvalue weighted by atomic mass is 19.4. The molecule has 168 valence electrons. The van der Waals surface area contributed by atoms with Crippen molar-refractivity contribution >= 4 is 33.4 Å². The molecule has 0 saturated carbocycles. The number of para-hydroxylation sites is 2. The third-order valence-corrected chi connectivity index (χ3v) is 6.31. The van der Waals surface area contributed by atoms with Crippen LogP contribution in [-0.2, 0) is 6.18 Å². The van der Waals surface area contributed by atoms with Crippen LogP contribution in [0.2, 0.25) is 0 Å². The van der Waals surface area contributed by atoms with E-state index in [2.05, 4.69) is 0 Å². The highest BCUT2D eigenvalue weighted by Gasteiger charge is 2.39. The van der Waals surface area contributed by atoms with Crippen LogP contribution < -0.4 is 4.90 Å². The number of anilines is 1. The molecule has 4 aromatic carbocycles. The summed E-state index contributed by atoms with van der Waals surface area (Å²) < 4.78 is 42.1. The van der Waals surface area contributed by atoms with Gasteiger partial charge in [0.15, 0.2) is 6.23 Å². The maximum atomic E-state index is 13.6. The van der Waals surface area contributed by atoms with Gasteiger partial charge in [-0.05, 0) is 42.5 Å². The van der Waals surface area contributed by atoms with E-state index in [-0.39, 0.29) is 5.91 Å². The van der Waals surface area contributed by atoms with Gasteiger partial charge in [0.25, 0.3) is 5.91 Å². The second kappa shape index (κ2) is 7.20. The summed E-state index contributed by atoms with van der Waals surface area (Å²) in [6.07, 6.45) is -5.64. The van der Waals surface area contributed by atoms with Gasteiger partial charge in [-0.3, -0.25) is 9.69 Å². The predicted octanol–water partition coefficient (Wildman–Crippen LogP) is 6.45. The zero-order valence-electron chi connectivity index (χ0n) is 17.6. The molecule has 2 heterocycles. The van der Waals surface area contributed by atoms with E-state index in [0.717, 1.165) is 12.1 Å². The third kappa shape index (κ3) is 2.87. The number of benzene rings is 4. The molecular formula is C27H17F3N2O2. The van der Waals surface area contributed by atoms with E-state index < -0.39 is 18.0 Å². The van der Waals surface area contributed by atoms with Crippen molar-refractivity contribution in [2.75, 3.05) is 4.90 Å². The molecule has 1 atom stereocenters. The van der Waals surface area contributed by atoms with Crippen molar-refractivity contribution in [2.45, 2.75) is 12.4 Å². The molecule has 0 radical (unpaired) electrons. The molecule has 4 nitrogen and oxygen atoms in total. The smallest absolute Gasteiger partial charge is 0.369 e. The van der Waals surface area contributed by atoms with Gasteiger partial charge in [-0.2, -0.15) is 13.2 Å². The van der Waals surface area contributed by atoms with E-state index in [0.29, 0.717) is 44.3 Å². The SMILES string of the molecule is O=C1c2c(cccc2-n2c3ccccc3c3cc(C(F)(F)F)ccc32)C(O)N1c1ccccc1. The van der Waals surface area contributed by atoms with Crippen LogP contribution in [0.3, 0.4) is 0 Å². The van der Waals surface area contributed by atoms with Gasteiger partial charge in [-0.1, -0.05) is 48.5 Å². The van der Waals surface area contributed by atoms with Crippen molar-refractivity contribution in [3.05, 3.63) is 108 Å². The van der Waals surface area contributed by atoms with Crippen molar-refractivity contribution in [2.24, 2.45) is 0 Å². The van der Waals surface area contributed by atoms with Crippen LogP contribution in [0.1, 0.15) is 27.7 Å². The molecule has 1 unspecified atom stereocenters. The van der Waals surface area contributed by atoms with Gasteiger partial charge in [0.2, 0.25) is 0 Å². The number of amides is 1. The van der Waals surface area contributed by atoms with Crippen molar-refractivity contribution in [3.8, 4) is 5.69 Å². The number of nitrogens with zero attached hydrogens (tertiary/aromatic N) is 2. The maximum Gasteiger partial charge on any atom is 0.416 e. The van der Waals surface area contributed by atoms with Crippen LogP contribution in [-0.4, -0.2) is 15.6 Å². The molecule has 1 aliphatic heterocycles. The Balaban J connectivity index is 1.63. The number of aliphatic hydroxyl groups is 1.